The van der Waals surface area contributed by atoms with Crippen molar-refractivity contribution in [2.24, 2.45) is 5.92 Å². The molecule has 2 aliphatic heterocycles. The first-order valence-electron chi connectivity index (χ1n) is 9.16. The van der Waals surface area contributed by atoms with Crippen LogP contribution in [0.5, 0.6) is 0 Å². The number of nitrogens with zero attached hydrogens (tertiary/aromatic N) is 2. The fourth-order valence-electron chi connectivity index (χ4n) is 4.67. The zero-order chi connectivity index (χ0) is 16.4. The Kier molecular flexibility index (Phi) is 5.31. The van der Waals surface area contributed by atoms with Crippen LogP contribution in [0.4, 0.5) is 0 Å². The lowest BCUT2D eigenvalue weighted by Crippen LogP contribution is -2.47. The molecule has 3 rings (SSSR count). The van der Waals surface area contributed by atoms with Gasteiger partial charge in [0.05, 0.1) is 18.1 Å². The number of sulfone groups is 1. The third-order valence-electron chi connectivity index (χ3n) is 6.03. The van der Waals surface area contributed by atoms with E-state index < -0.39 is 9.84 Å². The third kappa shape index (κ3) is 4.08. The van der Waals surface area contributed by atoms with E-state index in [-0.39, 0.29) is 23.5 Å². The van der Waals surface area contributed by atoms with Crippen LogP contribution in [-0.4, -0.2) is 67.9 Å². The Labute approximate surface area is 140 Å². The van der Waals surface area contributed by atoms with E-state index in [2.05, 4.69) is 4.90 Å². The molecule has 0 aromatic rings. The van der Waals surface area contributed by atoms with Crippen molar-refractivity contribution in [3.8, 4) is 0 Å². The molecule has 6 heteroatoms. The van der Waals surface area contributed by atoms with Gasteiger partial charge in [0, 0.05) is 18.6 Å². The highest BCUT2D eigenvalue weighted by Crippen LogP contribution is 2.34. The number of carbonyl (C=O) groups is 1. The molecule has 0 aromatic carbocycles. The summed E-state index contributed by atoms with van der Waals surface area (Å²) in [5.74, 6) is 1.37. The van der Waals surface area contributed by atoms with Gasteiger partial charge < -0.3 is 4.90 Å². The van der Waals surface area contributed by atoms with Crippen LogP contribution in [-0.2, 0) is 14.6 Å². The number of carbonyl (C=O) groups excluding carboxylic acids is 1. The smallest absolute Gasteiger partial charge is 0.237 e. The van der Waals surface area contributed by atoms with Crippen LogP contribution in [0.15, 0.2) is 0 Å². The Morgan fingerprint density at radius 1 is 1.09 bits per heavy atom. The van der Waals surface area contributed by atoms with E-state index in [9.17, 15) is 13.2 Å². The van der Waals surface area contributed by atoms with Crippen molar-refractivity contribution in [3.63, 3.8) is 0 Å². The quantitative estimate of drug-likeness (QED) is 0.780. The molecule has 0 radical (unpaired) electrons. The molecule has 0 N–H and O–H groups in total. The maximum Gasteiger partial charge on any atom is 0.237 e. The maximum atomic E-state index is 12.8. The highest BCUT2D eigenvalue weighted by atomic mass is 32.2. The zero-order valence-electron chi connectivity index (χ0n) is 14.2. The summed E-state index contributed by atoms with van der Waals surface area (Å²) in [6.07, 6.45) is 9.43. The summed E-state index contributed by atoms with van der Waals surface area (Å²) in [7, 11) is -0.992. The molecule has 2 saturated heterocycles. The van der Waals surface area contributed by atoms with Gasteiger partial charge in [-0.3, -0.25) is 9.69 Å². The van der Waals surface area contributed by atoms with Crippen molar-refractivity contribution in [2.75, 3.05) is 31.6 Å². The summed E-state index contributed by atoms with van der Waals surface area (Å²) in [6.45, 7) is 1.25. The molecule has 1 saturated carbocycles. The Morgan fingerprint density at radius 2 is 1.83 bits per heavy atom. The summed E-state index contributed by atoms with van der Waals surface area (Å²) >= 11 is 0. The summed E-state index contributed by atoms with van der Waals surface area (Å²) < 4.78 is 23.2. The summed E-state index contributed by atoms with van der Waals surface area (Å²) in [6, 6.07) is 0.447. The standard InChI is InChI=1S/C17H30N2O3S/c1-18(15-9-11-23(21,22)13-15)12-17(20)19-10-5-8-16(19)14-6-3-2-4-7-14/h14-16H,2-13H2,1H3. The van der Waals surface area contributed by atoms with E-state index in [4.69, 9.17) is 0 Å². The van der Waals surface area contributed by atoms with Crippen molar-refractivity contribution < 1.29 is 13.2 Å². The number of hydrogen-bond donors (Lipinski definition) is 0. The lowest BCUT2D eigenvalue weighted by molar-refractivity contribution is -0.134. The SMILES string of the molecule is CN(CC(=O)N1CCCC1C1CCCCC1)C1CCS(=O)(=O)C1. The molecule has 3 fully saturated rings. The van der Waals surface area contributed by atoms with Gasteiger partial charge in [-0.15, -0.1) is 0 Å². The van der Waals surface area contributed by atoms with Gasteiger partial charge in [0.25, 0.3) is 0 Å². The Bertz CT molecular complexity index is 528. The average Bonchev–Trinajstić information content (AvgIpc) is 3.14. The van der Waals surface area contributed by atoms with Gasteiger partial charge in [0.15, 0.2) is 9.84 Å². The van der Waals surface area contributed by atoms with Gasteiger partial charge in [0.2, 0.25) is 5.91 Å². The summed E-state index contributed by atoms with van der Waals surface area (Å²) in [4.78, 5) is 16.8. The van der Waals surface area contributed by atoms with Crippen molar-refractivity contribution in [1.82, 2.24) is 9.80 Å². The first-order valence-corrected chi connectivity index (χ1v) is 11.0. The predicted octanol–water partition coefficient (Wildman–Crippen LogP) is 1.68. The molecule has 5 nitrogen and oxygen atoms in total. The largest absolute Gasteiger partial charge is 0.338 e. The second-order valence-corrected chi connectivity index (χ2v) is 9.90. The highest BCUT2D eigenvalue weighted by molar-refractivity contribution is 7.91. The Hall–Kier alpha value is -0.620. The minimum Gasteiger partial charge on any atom is -0.338 e. The maximum absolute atomic E-state index is 12.8. The molecule has 3 aliphatic rings. The van der Waals surface area contributed by atoms with Crippen molar-refractivity contribution in [2.45, 2.75) is 63.5 Å². The number of hydrogen-bond acceptors (Lipinski definition) is 4. The minimum atomic E-state index is -2.89. The molecule has 132 valence electrons. The van der Waals surface area contributed by atoms with Gasteiger partial charge in [-0.05, 0) is 45.1 Å². The normalized spacial score (nSPS) is 31.8. The van der Waals surface area contributed by atoms with Crippen LogP contribution < -0.4 is 0 Å². The van der Waals surface area contributed by atoms with E-state index >= 15 is 0 Å². The van der Waals surface area contributed by atoms with Crippen molar-refractivity contribution in [1.29, 1.82) is 0 Å². The van der Waals surface area contributed by atoms with Crippen LogP contribution in [0, 0.1) is 5.92 Å². The molecule has 1 amide bonds. The number of likely N-dealkylation sites (N-methyl/N-ethyl adjacent to an activating group) is 1. The van der Waals surface area contributed by atoms with Crippen LogP contribution in [0.1, 0.15) is 51.4 Å². The van der Waals surface area contributed by atoms with Gasteiger partial charge in [-0.1, -0.05) is 19.3 Å². The topological polar surface area (TPSA) is 57.7 Å². The van der Waals surface area contributed by atoms with Gasteiger partial charge in [-0.2, -0.15) is 0 Å². The molecule has 0 aromatic heterocycles. The third-order valence-corrected chi connectivity index (χ3v) is 7.78. The molecule has 2 heterocycles. The molecule has 23 heavy (non-hydrogen) atoms. The first-order chi connectivity index (χ1) is 11.0. The monoisotopic (exact) mass is 342 g/mol. The predicted molar refractivity (Wildman–Crippen MR) is 91.0 cm³/mol. The van der Waals surface area contributed by atoms with E-state index in [1.807, 2.05) is 11.9 Å². The Balaban J connectivity index is 1.56. The van der Waals surface area contributed by atoms with E-state index in [0.29, 0.717) is 24.9 Å². The molecule has 2 unspecified atom stereocenters. The molecule has 2 atom stereocenters. The fourth-order valence-corrected chi connectivity index (χ4v) is 6.47. The van der Waals surface area contributed by atoms with Crippen molar-refractivity contribution >= 4 is 15.7 Å². The lowest BCUT2D eigenvalue weighted by Gasteiger charge is -2.35. The average molecular weight is 343 g/mol. The molecular formula is C17H30N2O3S. The zero-order valence-corrected chi connectivity index (χ0v) is 15.1. The summed E-state index contributed by atoms with van der Waals surface area (Å²) in [5, 5.41) is 0. The van der Waals surface area contributed by atoms with Crippen LogP contribution in [0.25, 0.3) is 0 Å². The number of likely N-dealkylation sites (tertiary alicyclic amines) is 1. The summed E-state index contributed by atoms with van der Waals surface area (Å²) in [5.41, 5.74) is 0. The molecule has 1 aliphatic carbocycles. The first kappa shape index (κ1) is 17.2. The van der Waals surface area contributed by atoms with Gasteiger partial charge in [0.1, 0.15) is 0 Å². The van der Waals surface area contributed by atoms with Crippen LogP contribution >= 0.6 is 0 Å². The van der Waals surface area contributed by atoms with Crippen LogP contribution in [0.2, 0.25) is 0 Å². The molecule has 0 spiro atoms. The van der Waals surface area contributed by atoms with Gasteiger partial charge in [-0.25, -0.2) is 8.42 Å². The molecular weight excluding hydrogens is 312 g/mol. The van der Waals surface area contributed by atoms with Gasteiger partial charge >= 0.3 is 0 Å². The second-order valence-electron chi connectivity index (χ2n) is 7.67. The minimum absolute atomic E-state index is 0.0136. The van der Waals surface area contributed by atoms with E-state index in [0.717, 1.165) is 19.4 Å². The molecule has 0 bridgehead atoms. The number of rotatable bonds is 4. The lowest BCUT2D eigenvalue weighted by atomic mass is 9.83. The van der Waals surface area contributed by atoms with E-state index in [1.165, 1.54) is 32.1 Å². The van der Waals surface area contributed by atoms with E-state index in [1.54, 1.807) is 0 Å². The fraction of sp³-hybridized carbons (Fsp3) is 0.941. The Morgan fingerprint density at radius 3 is 2.48 bits per heavy atom. The highest BCUT2D eigenvalue weighted by Gasteiger charge is 2.37. The van der Waals surface area contributed by atoms with Crippen molar-refractivity contribution in [3.05, 3.63) is 0 Å². The van der Waals surface area contributed by atoms with Crippen LogP contribution in [0.3, 0.4) is 0 Å². The number of amides is 1. The second kappa shape index (κ2) is 7.09.